The maximum absolute atomic E-state index is 5.66. The lowest BCUT2D eigenvalue weighted by Crippen LogP contribution is -2.22. The zero-order valence-corrected chi connectivity index (χ0v) is 11.8. The molecule has 16 heavy (non-hydrogen) atoms. The average Bonchev–Trinajstić information content (AvgIpc) is 2.52. The fraction of sp³-hybridized carbons (Fsp3) is 0.583. The molecule has 4 heteroatoms. The number of rotatable bonds is 6. The van der Waals surface area contributed by atoms with Crippen molar-refractivity contribution in [1.82, 2.24) is 9.55 Å². The maximum atomic E-state index is 5.66. The third-order valence-electron chi connectivity index (χ3n) is 2.34. The van der Waals surface area contributed by atoms with Gasteiger partial charge in [0, 0.05) is 20.9 Å². The van der Waals surface area contributed by atoms with Crippen LogP contribution in [0, 0.1) is 6.92 Å². The molecule has 0 amide bonds. The molecule has 1 heterocycles. The standard InChI is InChI=1S/C12H22N2OSi/c1-6-12-13-11(2)9-14(12)10-15-7-8-16(3,4)5/h6,9H,1,7-8,10H2,2-5H3. The second-order valence-corrected chi connectivity index (χ2v) is 10.9. The van der Waals surface area contributed by atoms with Gasteiger partial charge in [-0.2, -0.15) is 0 Å². The van der Waals surface area contributed by atoms with Crippen LogP contribution in [0.3, 0.4) is 0 Å². The summed E-state index contributed by atoms with van der Waals surface area (Å²) in [7, 11) is -0.982. The van der Waals surface area contributed by atoms with Crippen LogP contribution in [0.5, 0.6) is 0 Å². The molecule has 0 spiro atoms. The molecular formula is C12H22N2OSi. The van der Waals surface area contributed by atoms with Crippen molar-refractivity contribution in [3.63, 3.8) is 0 Å². The lowest BCUT2D eigenvalue weighted by molar-refractivity contribution is 0.0867. The largest absolute Gasteiger partial charge is 0.361 e. The fourth-order valence-electron chi connectivity index (χ4n) is 1.37. The Hall–Kier alpha value is -0.873. The molecule has 0 aliphatic carbocycles. The van der Waals surface area contributed by atoms with Gasteiger partial charge in [-0.3, -0.25) is 0 Å². The van der Waals surface area contributed by atoms with Crippen LogP contribution in [0.15, 0.2) is 12.8 Å². The van der Waals surface area contributed by atoms with Gasteiger partial charge in [-0.25, -0.2) is 4.98 Å². The fourth-order valence-corrected chi connectivity index (χ4v) is 2.13. The second kappa shape index (κ2) is 5.45. The van der Waals surface area contributed by atoms with Crippen LogP contribution in [0.2, 0.25) is 25.7 Å². The van der Waals surface area contributed by atoms with Gasteiger partial charge in [0.2, 0.25) is 0 Å². The van der Waals surface area contributed by atoms with E-state index in [1.807, 2.05) is 17.7 Å². The first kappa shape index (κ1) is 13.2. The summed E-state index contributed by atoms with van der Waals surface area (Å²) in [6, 6.07) is 1.20. The van der Waals surface area contributed by atoms with E-state index in [1.165, 1.54) is 6.04 Å². The maximum Gasteiger partial charge on any atom is 0.134 e. The number of hydrogen-bond donors (Lipinski definition) is 0. The topological polar surface area (TPSA) is 27.1 Å². The van der Waals surface area contributed by atoms with Crippen molar-refractivity contribution >= 4 is 14.1 Å². The molecule has 0 aliphatic rings. The summed E-state index contributed by atoms with van der Waals surface area (Å²) in [4.78, 5) is 4.33. The third kappa shape index (κ3) is 4.33. The summed E-state index contributed by atoms with van der Waals surface area (Å²) in [6.07, 6.45) is 3.75. The van der Waals surface area contributed by atoms with E-state index in [2.05, 4.69) is 31.2 Å². The van der Waals surface area contributed by atoms with E-state index < -0.39 is 8.07 Å². The molecule has 0 bridgehead atoms. The number of aromatic nitrogens is 2. The van der Waals surface area contributed by atoms with Gasteiger partial charge in [0.15, 0.2) is 0 Å². The molecule has 0 aromatic carbocycles. The zero-order chi connectivity index (χ0) is 12.2. The van der Waals surface area contributed by atoms with E-state index in [-0.39, 0.29) is 0 Å². The number of aryl methyl sites for hydroxylation is 1. The van der Waals surface area contributed by atoms with Crippen LogP contribution in [-0.2, 0) is 11.5 Å². The molecule has 0 saturated carbocycles. The summed E-state index contributed by atoms with van der Waals surface area (Å²) in [6.45, 7) is 14.2. The van der Waals surface area contributed by atoms with Crippen molar-refractivity contribution in [3.05, 3.63) is 24.3 Å². The SMILES string of the molecule is C=Cc1nc(C)cn1COCC[Si](C)(C)C. The Morgan fingerprint density at radius 1 is 1.50 bits per heavy atom. The minimum Gasteiger partial charge on any atom is -0.361 e. The highest BCUT2D eigenvalue weighted by molar-refractivity contribution is 6.76. The van der Waals surface area contributed by atoms with E-state index >= 15 is 0 Å². The lowest BCUT2D eigenvalue weighted by Gasteiger charge is -2.15. The Morgan fingerprint density at radius 3 is 2.75 bits per heavy atom. The Bertz CT molecular complexity index is 352. The zero-order valence-electron chi connectivity index (χ0n) is 10.8. The van der Waals surface area contributed by atoms with Gasteiger partial charge in [-0.15, -0.1) is 0 Å². The molecule has 0 fully saturated rings. The number of imidazole rings is 1. The first-order valence-corrected chi connectivity index (χ1v) is 9.37. The molecule has 1 rings (SSSR count). The normalized spacial score (nSPS) is 11.8. The van der Waals surface area contributed by atoms with Crippen molar-refractivity contribution in [3.8, 4) is 0 Å². The Kier molecular flexibility index (Phi) is 4.50. The molecule has 0 N–H and O–H groups in total. The minimum absolute atomic E-state index is 0.576. The third-order valence-corrected chi connectivity index (χ3v) is 4.04. The summed E-state index contributed by atoms with van der Waals surface area (Å²) in [5.74, 6) is 0.880. The van der Waals surface area contributed by atoms with Crippen LogP contribution in [0.25, 0.3) is 6.08 Å². The van der Waals surface area contributed by atoms with E-state index in [1.54, 1.807) is 6.08 Å². The molecule has 1 aromatic heterocycles. The van der Waals surface area contributed by atoms with E-state index in [0.29, 0.717) is 6.73 Å². The monoisotopic (exact) mass is 238 g/mol. The quantitative estimate of drug-likeness (QED) is 0.562. The Balaban J connectivity index is 2.40. The van der Waals surface area contributed by atoms with E-state index in [9.17, 15) is 0 Å². The highest BCUT2D eigenvalue weighted by Gasteiger charge is 2.12. The summed E-state index contributed by atoms with van der Waals surface area (Å²) >= 11 is 0. The predicted octanol–water partition coefficient (Wildman–Crippen LogP) is 3.15. The average molecular weight is 238 g/mol. The smallest absolute Gasteiger partial charge is 0.134 e. The predicted molar refractivity (Wildman–Crippen MR) is 71.2 cm³/mol. The Morgan fingerprint density at radius 2 is 2.19 bits per heavy atom. The highest BCUT2D eigenvalue weighted by Crippen LogP contribution is 2.09. The van der Waals surface area contributed by atoms with Gasteiger partial charge >= 0.3 is 0 Å². The van der Waals surface area contributed by atoms with Crippen LogP contribution in [-0.4, -0.2) is 24.2 Å². The van der Waals surface area contributed by atoms with Gasteiger partial charge < -0.3 is 9.30 Å². The van der Waals surface area contributed by atoms with E-state index in [0.717, 1.165) is 18.1 Å². The highest BCUT2D eigenvalue weighted by atomic mass is 28.3. The lowest BCUT2D eigenvalue weighted by atomic mass is 10.6. The number of nitrogens with zero attached hydrogens (tertiary/aromatic N) is 2. The molecule has 0 saturated heterocycles. The van der Waals surface area contributed by atoms with Crippen molar-refractivity contribution in [1.29, 1.82) is 0 Å². The molecule has 3 nitrogen and oxygen atoms in total. The van der Waals surface area contributed by atoms with Crippen LogP contribution in [0.4, 0.5) is 0 Å². The molecule has 1 aromatic rings. The van der Waals surface area contributed by atoms with Crippen LogP contribution in [0.1, 0.15) is 11.5 Å². The number of hydrogen-bond acceptors (Lipinski definition) is 2. The van der Waals surface area contributed by atoms with Crippen LogP contribution < -0.4 is 0 Å². The molecule has 0 radical (unpaired) electrons. The summed E-state index contributed by atoms with van der Waals surface area (Å²) in [5, 5.41) is 0. The molecule has 0 atom stereocenters. The summed E-state index contributed by atoms with van der Waals surface area (Å²) in [5.41, 5.74) is 1.00. The van der Waals surface area contributed by atoms with Gasteiger partial charge in [0.25, 0.3) is 0 Å². The van der Waals surface area contributed by atoms with E-state index in [4.69, 9.17) is 4.74 Å². The second-order valence-electron chi connectivity index (χ2n) is 5.26. The first-order chi connectivity index (χ1) is 7.42. The van der Waals surface area contributed by atoms with Gasteiger partial charge in [0.1, 0.15) is 12.6 Å². The minimum atomic E-state index is -0.982. The van der Waals surface area contributed by atoms with Gasteiger partial charge in [-0.05, 0) is 19.0 Å². The molecule has 0 unspecified atom stereocenters. The first-order valence-electron chi connectivity index (χ1n) is 5.66. The molecule has 90 valence electrons. The van der Waals surface area contributed by atoms with Crippen molar-refractivity contribution in [2.75, 3.05) is 6.61 Å². The van der Waals surface area contributed by atoms with Crippen LogP contribution >= 0.6 is 0 Å². The molecule has 0 aliphatic heterocycles. The van der Waals surface area contributed by atoms with Crippen molar-refractivity contribution in [2.24, 2.45) is 0 Å². The van der Waals surface area contributed by atoms with Gasteiger partial charge in [-0.1, -0.05) is 26.2 Å². The number of ether oxygens (including phenoxy) is 1. The molecular weight excluding hydrogens is 216 g/mol. The Labute approximate surface area is 99.2 Å². The van der Waals surface area contributed by atoms with Crippen molar-refractivity contribution in [2.45, 2.75) is 39.3 Å². The van der Waals surface area contributed by atoms with Gasteiger partial charge in [0.05, 0.1) is 5.69 Å². The summed E-state index contributed by atoms with van der Waals surface area (Å²) < 4.78 is 7.65. The van der Waals surface area contributed by atoms with Crippen molar-refractivity contribution < 1.29 is 4.74 Å².